The van der Waals surface area contributed by atoms with Gasteiger partial charge in [-0.05, 0) is 41.8 Å². The first-order chi connectivity index (χ1) is 9.76. The van der Waals surface area contributed by atoms with Gasteiger partial charge >= 0.3 is 0 Å². The van der Waals surface area contributed by atoms with Crippen molar-refractivity contribution in [1.29, 1.82) is 0 Å². The van der Waals surface area contributed by atoms with E-state index in [2.05, 4.69) is 6.08 Å². The summed E-state index contributed by atoms with van der Waals surface area (Å²) in [4.78, 5) is 12.0. The third-order valence-corrected chi connectivity index (χ3v) is 3.82. The molecule has 3 heteroatoms. The van der Waals surface area contributed by atoms with Crippen molar-refractivity contribution in [2.75, 3.05) is 13.7 Å². The van der Waals surface area contributed by atoms with Crippen LogP contribution in [0.25, 0.3) is 5.57 Å². The monoisotopic (exact) mass is 270 g/mol. The molecule has 3 rings (SSSR count). The number of ether oxygens (including phenoxy) is 2. The molecule has 2 aliphatic rings. The minimum atomic E-state index is 0.176. The summed E-state index contributed by atoms with van der Waals surface area (Å²) in [7, 11) is 1.65. The van der Waals surface area contributed by atoms with Gasteiger partial charge in [-0.2, -0.15) is 0 Å². The molecule has 0 bridgehead atoms. The fourth-order valence-electron chi connectivity index (χ4n) is 2.84. The number of benzene rings is 1. The van der Waals surface area contributed by atoms with Crippen LogP contribution in [0.4, 0.5) is 0 Å². The lowest BCUT2D eigenvalue weighted by atomic mass is 9.83. The SMILES string of the molecule is COc1cccc(C2=CC(=O)CC(C3=CCCO3)C2)c1. The van der Waals surface area contributed by atoms with E-state index in [1.807, 2.05) is 24.3 Å². The molecule has 20 heavy (non-hydrogen) atoms. The molecule has 1 aromatic carbocycles. The molecule has 1 atom stereocenters. The van der Waals surface area contributed by atoms with Gasteiger partial charge in [-0.15, -0.1) is 0 Å². The summed E-state index contributed by atoms with van der Waals surface area (Å²) in [5.41, 5.74) is 2.13. The van der Waals surface area contributed by atoms with Crippen LogP contribution in [0.1, 0.15) is 24.8 Å². The van der Waals surface area contributed by atoms with E-state index in [0.29, 0.717) is 6.42 Å². The van der Waals surface area contributed by atoms with Crippen LogP contribution in [0, 0.1) is 5.92 Å². The Kier molecular flexibility index (Phi) is 3.59. The first kappa shape index (κ1) is 13.0. The van der Waals surface area contributed by atoms with Crippen LogP contribution in [0.2, 0.25) is 0 Å². The average molecular weight is 270 g/mol. The third-order valence-electron chi connectivity index (χ3n) is 3.82. The Morgan fingerprint density at radius 3 is 2.95 bits per heavy atom. The molecule has 0 saturated heterocycles. The van der Waals surface area contributed by atoms with E-state index >= 15 is 0 Å². The lowest BCUT2D eigenvalue weighted by Crippen LogP contribution is -2.16. The molecule has 1 aliphatic heterocycles. The number of rotatable bonds is 3. The maximum Gasteiger partial charge on any atom is 0.156 e. The van der Waals surface area contributed by atoms with Gasteiger partial charge in [-0.3, -0.25) is 4.79 Å². The van der Waals surface area contributed by atoms with E-state index in [1.54, 1.807) is 13.2 Å². The zero-order valence-corrected chi connectivity index (χ0v) is 11.6. The highest BCUT2D eigenvalue weighted by atomic mass is 16.5. The highest BCUT2D eigenvalue weighted by Crippen LogP contribution is 2.36. The van der Waals surface area contributed by atoms with E-state index in [-0.39, 0.29) is 11.7 Å². The Labute approximate surface area is 118 Å². The molecule has 0 aromatic heterocycles. The molecule has 104 valence electrons. The summed E-state index contributed by atoms with van der Waals surface area (Å²) in [6.07, 6.45) is 6.25. The lowest BCUT2D eigenvalue weighted by Gasteiger charge is -2.23. The van der Waals surface area contributed by atoms with Gasteiger partial charge in [0.05, 0.1) is 19.5 Å². The van der Waals surface area contributed by atoms with Crippen molar-refractivity contribution in [3.63, 3.8) is 0 Å². The Hall–Kier alpha value is -2.03. The van der Waals surface area contributed by atoms with Crippen LogP contribution in [0.3, 0.4) is 0 Å². The first-order valence-electron chi connectivity index (χ1n) is 6.97. The van der Waals surface area contributed by atoms with Gasteiger partial charge in [0.1, 0.15) is 5.75 Å². The summed E-state index contributed by atoms with van der Waals surface area (Å²) in [6, 6.07) is 7.86. The molecule has 0 radical (unpaired) electrons. The van der Waals surface area contributed by atoms with Gasteiger partial charge in [-0.1, -0.05) is 12.1 Å². The van der Waals surface area contributed by atoms with E-state index in [0.717, 1.165) is 42.1 Å². The highest BCUT2D eigenvalue weighted by Gasteiger charge is 2.27. The number of carbonyl (C=O) groups excluding carboxylic acids is 1. The zero-order chi connectivity index (χ0) is 13.9. The maximum atomic E-state index is 12.0. The molecule has 0 fully saturated rings. The number of allylic oxidation sites excluding steroid dienone is 3. The summed E-state index contributed by atoms with van der Waals surface area (Å²) in [5, 5.41) is 0. The van der Waals surface area contributed by atoms with Gasteiger partial charge in [0.15, 0.2) is 5.78 Å². The molecule has 1 unspecified atom stereocenters. The van der Waals surface area contributed by atoms with Gasteiger partial charge in [0.2, 0.25) is 0 Å². The summed E-state index contributed by atoms with van der Waals surface area (Å²) in [6.45, 7) is 0.748. The molecule has 1 aliphatic carbocycles. The minimum Gasteiger partial charge on any atom is -0.498 e. The first-order valence-corrected chi connectivity index (χ1v) is 6.97. The summed E-state index contributed by atoms with van der Waals surface area (Å²) >= 11 is 0. The topological polar surface area (TPSA) is 35.5 Å². The minimum absolute atomic E-state index is 0.176. The van der Waals surface area contributed by atoms with Crippen LogP contribution in [-0.2, 0) is 9.53 Å². The quantitative estimate of drug-likeness (QED) is 0.844. The van der Waals surface area contributed by atoms with E-state index < -0.39 is 0 Å². The fraction of sp³-hybridized carbons (Fsp3) is 0.353. The molecular formula is C17H18O3. The molecular weight excluding hydrogens is 252 g/mol. The van der Waals surface area contributed by atoms with Crippen LogP contribution in [0.5, 0.6) is 5.75 Å². The van der Waals surface area contributed by atoms with Gasteiger partial charge in [0.25, 0.3) is 0 Å². The van der Waals surface area contributed by atoms with E-state index in [9.17, 15) is 4.79 Å². The number of ketones is 1. The Balaban J connectivity index is 1.86. The van der Waals surface area contributed by atoms with Crippen molar-refractivity contribution in [3.8, 4) is 5.75 Å². The summed E-state index contributed by atoms with van der Waals surface area (Å²) < 4.78 is 10.9. The van der Waals surface area contributed by atoms with Crippen LogP contribution < -0.4 is 4.74 Å². The molecule has 0 saturated carbocycles. The number of methoxy groups -OCH3 is 1. The van der Waals surface area contributed by atoms with Crippen molar-refractivity contribution in [2.45, 2.75) is 19.3 Å². The highest BCUT2D eigenvalue weighted by molar-refractivity contribution is 5.99. The zero-order valence-electron chi connectivity index (χ0n) is 11.6. The van der Waals surface area contributed by atoms with E-state index in [4.69, 9.17) is 9.47 Å². The van der Waals surface area contributed by atoms with Crippen molar-refractivity contribution in [2.24, 2.45) is 5.92 Å². The molecule has 0 spiro atoms. The second-order valence-electron chi connectivity index (χ2n) is 5.22. The summed E-state index contributed by atoms with van der Waals surface area (Å²) in [5.74, 6) is 2.17. The number of hydrogen-bond donors (Lipinski definition) is 0. The molecule has 1 aromatic rings. The largest absolute Gasteiger partial charge is 0.498 e. The van der Waals surface area contributed by atoms with Gasteiger partial charge in [0, 0.05) is 18.8 Å². The fourth-order valence-corrected chi connectivity index (χ4v) is 2.84. The van der Waals surface area contributed by atoms with Crippen LogP contribution in [0.15, 0.2) is 42.2 Å². The molecule has 1 heterocycles. The second kappa shape index (κ2) is 5.53. The van der Waals surface area contributed by atoms with Crippen molar-refractivity contribution < 1.29 is 14.3 Å². The van der Waals surface area contributed by atoms with Crippen LogP contribution >= 0.6 is 0 Å². The predicted molar refractivity (Wildman–Crippen MR) is 77.4 cm³/mol. The average Bonchev–Trinajstić information content (AvgIpc) is 3.01. The standard InChI is InChI=1S/C17H18O3/c1-19-16-5-2-4-12(11-16)13-8-14(10-15(18)9-13)17-6-3-7-20-17/h2,4-6,9,11,14H,3,7-8,10H2,1H3. The lowest BCUT2D eigenvalue weighted by molar-refractivity contribution is -0.115. The van der Waals surface area contributed by atoms with Gasteiger partial charge < -0.3 is 9.47 Å². The number of carbonyl (C=O) groups is 1. The Morgan fingerprint density at radius 1 is 1.30 bits per heavy atom. The normalized spacial score (nSPS) is 22.1. The number of hydrogen-bond acceptors (Lipinski definition) is 3. The Bertz CT molecular complexity index is 584. The predicted octanol–water partition coefficient (Wildman–Crippen LogP) is 3.36. The molecule has 0 amide bonds. The molecule has 3 nitrogen and oxygen atoms in total. The smallest absolute Gasteiger partial charge is 0.156 e. The van der Waals surface area contributed by atoms with Crippen molar-refractivity contribution >= 4 is 11.4 Å². The van der Waals surface area contributed by atoms with Crippen molar-refractivity contribution in [1.82, 2.24) is 0 Å². The second-order valence-corrected chi connectivity index (χ2v) is 5.22. The van der Waals surface area contributed by atoms with Crippen molar-refractivity contribution in [3.05, 3.63) is 47.7 Å². The van der Waals surface area contributed by atoms with Crippen LogP contribution in [-0.4, -0.2) is 19.5 Å². The molecule has 0 N–H and O–H groups in total. The maximum absolute atomic E-state index is 12.0. The Morgan fingerprint density at radius 2 is 2.20 bits per heavy atom. The third kappa shape index (κ3) is 2.62. The van der Waals surface area contributed by atoms with E-state index in [1.165, 1.54) is 0 Å². The van der Waals surface area contributed by atoms with Gasteiger partial charge in [-0.25, -0.2) is 0 Å².